The summed E-state index contributed by atoms with van der Waals surface area (Å²) in [6, 6.07) is 4.95. The van der Waals surface area contributed by atoms with Gasteiger partial charge in [0.25, 0.3) is 0 Å². The van der Waals surface area contributed by atoms with E-state index in [0.29, 0.717) is 29.9 Å². The van der Waals surface area contributed by atoms with E-state index in [-0.39, 0.29) is 12.0 Å². The summed E-state index contributed by atoms with van der Waals surface area (Å²) in [7, 11) is 0. The maximum Gasteiger partial charge on any atom is 0.307 e. The molecule has 0 atom stereocenters. The normalized spacial score (nSPS) is 13.9. The van der Waals surface area contributed by atoms with Crippen LogP contribution in [0.2, 0.25) is 0 Å². The van der Waals surface area contributed by atoms with Crippen LogP contribution < -0.4 is 0 Å². The Hall–Kier alpha value is -2.17. The third-order valence-corrected chi connectivity index (χ3v) is 2.68. The number of carboxylic acids is 1. The molecule has 4 nitrogen and oxygen atoms in total. The molecular formula is C13H12FNO3. The first-order chi connectivity index (χ1) is 8.59. The van der Waals surface area contributed by atoms with E-state index >= 15 is 0 Å². The van der Waals surface area contributed by atoms with Gasteiger partial charge in [0, 0.05) is 17.5 Å². The van der Waals surface area contributed by atoms with Gasteiger partial charge in [-0.1, -0.05) is 29.9 Å². The van der Waals surface area contributed by atoms with Gasteiger partial charge < -0.3 is 9.94 Å². The monoisotopic (exact) mass is 249 g/mol. The van der Waals surface area contributed by atoms with Gasteiger partial charge in [-0.25, -0.2) is 4.39 Å². The third-order valence-electron chi connectivity index (χ3n) is 2.68. The van der Waals surface area contributed by atoms with Crippen LogP contribution in [0.25, 0.3) is 5.83 Å². The largest absolute Gasteiger partial charge is 0.481 e. The molecule has 0 amide bonds. The van der Waals surface area contributed by atoms with Crippen LogP contribution in [0.3, 0.4) is 0 Å². The van der Waals surface area contributed by atoms with Crippen molar-refractivity contribution in [2.45, 2.75) is 12.8 Å². The molecule has 0 saturated carbocycles. The minimum atomic E-state index is -1.01. The molecule has 0 radical (unpaired) electrons. The molecule has 0 aliphatic carbocycles. The topological polar surface area (TPSA) is 58.9 Å². The molecule has 1 aromatic rings. The predicted octanol–water partition coefficient (Wildman–Crippen LogP) is 2.38. The highest BCUT2D eigenvalue weighted by Gasteiger charge is 2.20. The second kappa shape index (κ2) is 5.00. The van der Waals surface area contributed by atoms with Gasteiger partial charge in [0.2, 0.25) is 0 Å². The molecule has 0 unspecified atom stereocenters. The number of benzene rings is 1. The number of aliphatic carboxylic acids is 1. The van der Waals surface area contributed by atoms with E-state index in [1.165, 1.54) is 0 Å². The van der Waals surface area contributed by atoms with Crippen LogP contribution >= 0.6 is 0 Å². The van der Waals surface area contributed by atoms with Crippen molar-refractivity contribution in [3.8, 4) is 0 Å². The number of carboxylic acid groups (broad SMARTS) is 1. The first-order valence-electron chi connectivity index (χ1n) is 5.47. The summed E-state index contributed by atoms with van der Waals surface area (Å²) >= 11 is 0. The zero-order chi connectivity index (χ0) is 13.1. The van der Waals surface area contributed by atoms with Crippen molar-refractivity contribution in [2.75, 3.05) is 6.61 Å². The van der Waals surface area contributed by atoms with Gasteiger partial charge >= 0.3 is 5.97 Å². The summed E-state index contributed by atoms with van der Waals surface area (Å²) in [4.78, 5) is 15.7. The number of hydrogen-bond donors (Lipinski definition) is 1. The summed E-state index contributed by atoms with van der Waals surface area (Å²) < 4.78 is 13.6. The number of nitrogens with zero attached hydrogens (tertiary/aromatic N) is 1. The van der Waals surface area contributed by atoms with E-state index in [0.717, 1.165) is 0 Å². The SMILES string of the molecule is C=C(F)c1c(CC(=O)O)cccc1C1=NOCC1. The van der Waals surface area contributed by atoms with E-state index in [2.05, 4.69) is 11.7 Å². The molecule has 18 heavy (non-hydrogen) atoms. The lowest BCUT2D eigenvalue weighted by Gasteiger charge is -2.11. The van der Waals surface area contributed by atoms with Gasteiger partial charge in [-0.15, -0.1) is 0 Å². The first kappa shape index (κ1) is 12.3. The lowest BCUT2D eigenvalue weighted by molar-refractivity contribution is -0.136. The smallest absolute Gasteiger partial charge is 0.307 e. The van der Waals surface area contributed by atoms with Crippen molar-refractivity contribution in [3.05, 3.63) is 41.5 Å². The van der Waals surface area contributed by atoms with Crippen LogP contribution in [0.5, 0.6) is 0 Å². The van der Waals surface area contributed by atoms with Crippen molar-refractivity contribution in [3.63, 3.8) is 0 Å². The molecule has 0 bridgehead atoms. The van der Waals surface area contributed by atoms with Crippen LogP contribution in [0, 0.1) is 0 Å². The van der Waals surface area contributed by atoms with E-state index in [4.69, 9.17) is 9.94 Å². The van der Waals surface area contributed by atoms with Gasteiger partial charge in [-0.3, -0.25) is 4.79 Å². The average molecular weight is 249 g/mol. The first-order valence-corrected chi connectivity index (χ1v) is 5.47. The van der Waals surface area contributed by atoms with Crippen LogP contribution in [0.1, 0.15) is 23.1 Å². The number of hydrogen-bond acceptors (Lipinski definition) is 3. The molecule has 1 aliphatic heterocycles. The van der Waals surface area contributed by atoms with Gasteiger partial charge in [0.15, 0.2) is 0 Å². The summed E-state index contributed by atoms with van der Waals surface area (Å²) in [6.45, 7) is 3.73. The van der Waals surface area contributed by atoms with Crippen molar-refractivity contribution in [2.24, 2.45) is 5.16 Å². The molecule has 0 aromatic heterocycles. The molecule has 0 spiro atoms. The summed E-state index contributed by atoms with van der Waals surface area (Å²) in [5.74, 6) is -1.67. The quantitative estimate of drug-likeness (QED) is 0.891. The van der Waals surface area contributed by atoms with Crippen LogP contribution in [0.4, 0.5) is 4.39 Å². The molecule has 5 heteroatoms. The fourth-order valence-electron chi connectivity index (χ4n) is 1.97. The Morgan fingerprint density at radius 3 is 2.89 bits per heavy atom. The van der Waals surface area contributed by atoms with E-state index in [9.17, 15) is 9.18 Å². The van der Waals surface area contributed by atoms with Crippen molar-refractivity contribution >= 4 is 17.5 Å². The highest BCUT2D eigenvalue weighted by atomic mass is 19.1. The maximum atomic E-state index is 13.6. The van der Waals surface area contributed by atoms with Crippen molar-refractivity contribution < 1.29 is 19.1 Å². The molecular weight excluding hydrogens is 237 g/mol. The van der Waals surface area contributed by atoms with E-state index in [1.807, 2.05) is 0 Å². The molecule has 1 N–H and O–H groups in total. The molecule has 2 rings (SSSR count). The maximum absolute atomic E-state index is 13.6. The van der Waals surface area contributed by atoms with Crippen molar-refractivity contribution in [1.29, 1.82) is 0 Å². The second-order valence-corrected chi connectivity index (χ2v) is 3.94. The Labute approximate surface area is 103 Å². The van der Waals surface area contributed by atoms with Crippen LogP contribution in [0.15, 0.2) is 29.9 Å². The lowest BCUT2D eigenvalue weighted by Crippen LogP contribution is -2.08. The highest BCUT2D eigenvalue weighted by Crippen LogP contribution is 2.26. The summed E-state index contributed by atoms with van der Waals surface area (Å²) in [5, 5.41) is 12.7. The van der Waals surface area contributed by atoms with Crippen LogP contribution in [-0.4, -0.2) is 23.4 Å². The Balaban J connectivity index is 2.52. The number of oxime groups is 1. The lowest BCUT2D eigenvalue weighted by atomic mass is 9.94. The fraction of sp³-hybridized carbons (Fsp3) is 0.231. The second-order valence-electron chi connectivity index (χ2n) is 3.94. The Bertz CT molecular complexity index is 537. The predicted molar refractivity (Wildman–Crippen MR) is 65.0 cm³/mol. The number of carbonyl (C=O) groups is 1. The Kier molecular flexibility index (Phi) is 3.41. The zero-order valence-electron chi connectivity index (χ0n) is 9.65. The fourth-order valence-corrected chi connectivity index (χ4v) is 1.97. The Morgan fingerprint density at radius 2 is 2.33 bits per heavy atom. The summed E-state index contributed by atoms with van der Waals surface area (Å²) in [5.41, 5.74) is 1.78. The van der Waals surface area contributed by atoms with Crippen molar-refractivity contribution in [1.82, 2.24) is 0 Å². The van der Waals surface area contributed by atoms with E-state index in [1.54, 1.807) is 18.2 Å². The number of rotatable bonds is 4. The minimum absolute atomic E-state index is 0.212. The summed E-state index contributed by atoms with van der Waals surface area (Å²) in [6.07, 6.45) is 0.330. The molecule has 1 aromatic carbocycles. The average Bonchev–Trinajstić information content (AvgIpc) is 2.80. The Morgan fingerprint density at radius 1 is 1.56 bits per heavy atom. The standard InChI is InChI=1S/C13H12FNO3/c1-8(14)13-9(7-12(16)17)3-2-4-10(13)11-5-6-18-15-11/h2-4H,1,5-7H2,(H,16,17). The third kappa shape index (κ3) is 2.40. The zero-order valence-corrected chi connectivity index (χ0v) is 9.65. The minimum Gasteiger partial charge on any atom is -0.481 e. The van der Waals surface area contributed by atoms with Crippen LogP contribution in [-0.2, 0) is 16.1 Å². The van der Waals surface area contributed by atoms with Gasteiger partial charge in [-0.05, 0) is 5.56 Å². The molecule has 94 valence electrons. The highest BCUT2D eigenvalue weighted by molar-refractivity contribution is 6.04. The van der Waals surface area contributed by atoms with E-state index < -0.39 is 11.8 Å². The van der Waals surface area contributed by atoms with Gasteiger partial charge in [0.1, 0.15) is 12.4 Å². The molecule has 1 aliphatic rings. The van der Waals surface area contributed by atoms with Gasteiger partial charge in [-0.2, -0.15) is 0 Å². The molecule has 1 heterocycles. The van der Waals surface area contributed by atoms with Gasteiger partial charge in [0.05, 0.1) is 12.1 Å². The molecule has 0 saturated heterocycles. The molecule has 0 fully saturated rings. The number of halogens is 1.